The van der Waals surface area contributed by atoms with Gasteiger partial charge in [-0.2, -0.15) is 0 Å². The molecule has 1 fully saturated rings. The van der Waals surface area contributed by atoms with Crippen molar-refractivity contribution in [2.24, 2.45) is 0 Å². The molecule has 314 valence electrons. The summed E-state index contributed by atoms with van der Waals surface area (Å²) < 4.78 is 22.1. The molecule has 1 rings (SSSR count). The maximum Gasteiger partial charge on any atom is 0.306 e. The summed E-state index contributed by atoms with van der Waals surface area (Å²) in [6, 6.07) is 0. The largest absolute Gasteiger partial charge is 0.462 e. The molecular formula is C43H82O10. The lowest BCUT2D eigenvalue weighted by Gasteiger charge is -2.39. The van der Waals surface area contributed by atoms with Gasteiger partial charge in [-0.25, -0.2) is 0 Å². The van der Waals surface area contributed by atoms with E-state index >= 15 is 0 Å². The lowest BCUT2D eigenvalue weighted by atomic mass is 9.99. The van der Waals surface area contributed by atoms with Crippen molar-refractivity contribution in [3.8, 4) is 0 Å². The van der Waals surface area contributed by atoms with Crippen molar-refractivity contribution in [1.29, 1.82) is 0 Å². The predicted molar refractivity (Wildman–Crippen MR) is 210 cm³/mol. The van der Waals surface area contributed by atoms with Crippen LogP contribution in [-0.4, -0.2) is 89.0 Å². The number of carbonyl (C=O) groups excluding carboxylic acids is 2. The highest BCUT2D eigenvalue weighted by Gasteiger charge is 2.44. The molecule has 0 aromatic carbocycles. The zero-order valence-electron chi connectivity index (χ0n) is 34.0. The average Bonchev–Trinajstić information content (AvgIpc) is 3.15. The van der Waals surface area contributed by atoms with Crippen molar-refractivity contribution in [2.45, 2.75) is 243 Å². The van der Waals surface area contributed by atoms with E-state index in [-0.39, 0.29) is 32.0 Å². The van der Waals surface area contributed by atoms with E-state index in [9.17, 15) is 30.0 Å². The zero-order valence-corrected chi connectivity index (χ0v) is 34.0. The third kappa shape index (κ3) is 27.0. The van der Waals surface area contributed by atoms with Crippen molar-refractivity contribution >= 4 is 11.9 Å². The Morgan fingerprint density at radius 3 is 1.28 bits per heavy atom. The van der Waals surface area contributed by atoms with Crippen molar-refractivity contribution < 1.29 is 49.0 Å². The van der Waals surface area contributed by atoms with Gasteiger partial charge in [0.1, 0.15) is 31.0 Å². The fraction of sp³-hybridized carbons (Fsp3) is 0.953. The van der Waals surface area contributed by atoms with Gasteiger partial charge < -0.3 is 39.4 Å². The second-order valence-corrected chi connectivity index (χ2v) is 15.5. The quantitative estimate of drug-likeness (QED) is 0.0357. The molecule has 10 nitrogen and oxygen atoms in total. The van der Waals surface area contributed by atoms with Crippen LogP contribution < -0.4 is 0 Å². The Labute approximate surface area is 323 Å². The van der Waals surface area contributed by atoms with E-state index in [4.69, 9.17) is 18.9 Å². The Balaban J connectivity index is 2.32. The smallest absolute Gasteiger partial charge is 0.306 e. The summed E-state index contributed by atoms with van der Waals surface area (Å²) in [6.45, 7) is 3.44. The van der Waals surface area contributed by atoms with Gasteiger partial charge in [0.05, 0.1) is 13.2 Å². The molecular weight excluding hydrogens is 676 g/mol. The Kier molecular flexibility index (Phi) is 33.0. The fourth-order valence-electron chi connectivity index (χ4n) is 6.95. The molecule has 0 spiro atoms. The first-order chi connectivity index (χ1) is 25.8. The van der Waals surface area contributed by atoms with Gasteiger partial charge in [-0.3, -0.25) is 9.59 Å². The normalized spacial score (nSPS) is 20.8. The van der Waals surface area contributed by atoms with E-state index in [1.54, 1.807) is 0 Å². The second kappa shape index (κ2) is 35.1. The Bertz CT molecular complexity index is 840. The summed E-state index contributed by atoms with van der Waals surface area (Å²) in [5.41, 5.74) is 0. The Hall–Kier alpha value is -1.30. The molecule has 0 aromatic heterocycles. The van der Waals surface area contributed by atoms with Gasteiger partial charge in [0.2, 0.25) is 0 Å². The number of aliphatic hydroxyl groups is 4. The number of hydrogen-bond acceptors (Lipinski definition) is 10. The van der Waals surface area contributed by atoms with Crippen LogP contribution in [0.25, 0.3) is 0 Å². The van der Waals surface area contributed by atoms with Gasteiger partial charge in [-0.15, -0.1) is 0 Å². The van der Waals surface area contributed by atoms with Crippen LogP contribution in [0.5, 0.6) is 0 Å². The molecule has 10 heteroatoms. The van der Waals surface area contributed by atoms with Crippen molar-refractivity contribution in [3.63, 3.8) is 0 Å². The average molecular weight is 759 g/mol. The molecule has 1 aliphatic heterocycles. The minimum atomic E-state index is -1.59. The number of carbonyl (C=O) groups is 2. The third-order valence-electron chi connectivity index (χ3n) is 10.5. The van der Waals surface area contributed by atoms with Gasteiger partial charge in [-0.1, -0.05) is 181 Å². The number of aliphatic hydroxyl groups excluding tert-OH is 4. The highest BCUT2D eigenvalue weighted by atomic mass is 16.7. The van der Waals surface area contributed by atoms with Crippen LogP contribution in [0, 0.1) is 0 Å². The van der Waals surface area contributed by atoms with Gasteiger partial charge in [0.25, 0.3) is 0 Å². The third-order valence-corrected chi connectivity index (χ3v) is 10.5. The first-order valence-corrected chi connectivity index (χ1v) is 22.1. The monoisotopic (exact) mass is 759 g/mol. The second-order valence-electron chi connectivity index (χ2n) is 15.5. The highest BCUT2D eigenvalue weighted by molar-refractivity contribution is 5.70. The summed E-state index contributed by atoms with van der Waals surface area (Å²) in [5.74, 6) is -0.792. The molecule has 53 heavy (non-hydrogen) atoms. The van der Waals surface area contributed by atoms with Gasteiger partial charge in [-0.05, 0) is 12.8 Å². The molecule has 0 bridgehead atoms. The van der Waals surface area contributed by atoms with Crippen molar-refractivity contribution in [1.82, 2.24) is 0 Å². The Morgan fingerprint density at radius 1 is 0.509 bits per heavy atom. The molecule has 1 heterocycles. The number of rotatable bonds is 37. The van der Waals surface area contributed by atoms with Gasteiger partial charge in [0, 0.05) is 12.8 Å². The molecule has 0 amide bonds. The summed E-state index contributed by atoms with van der Waals surface area (Å²) in [5, 5.41) is 40.0. The van der Waals surface area contributed by atoms with Crippen LogP contribution in [0.3, 0.4) is 0 Å². The van der Waals surface area contributed by atoms with E-state index in [1.165, 1.54) is 135 Å². The van der Waals surface area contributed by atoms with Crippen LogP contribution in [0.4, 0.5) is 0 Å². The summed E-state index contributed by atoms with van der Waals surface area (Å²) >= 11 is 0. The summed E-state index contributed by atoms with van der Waals surface area (Å²) in [4.78, 5) is 25.3. The van der Waals surface area contributed by atoms with Crippen LogP contribution in [0.1, 0.15) is 206 Å². The van der Waals surface area contributed by atoms with Crippen LogP contribution in [-0.2, 0) is 28.5 Å². The number of ether oxygens (including phenoxy) is 4. The Morgan fingerprint density at radius 2 is 0.887 bits per heavy atom. The van der Waals surface area contributed by atoms with Gasteiger partial charge >= 0.3 is 11.9 Å². The standard InChI is InChI=1S/C43H82O10/c1-3-5-7-9-11-13-15-17-19-21-23-25-27-29-31-38(45)50-34-36(35-51-43-42(49)41(48)40(47)37(33-44)53-43)52-39(46)32-30-28-26-24-22-20-18-16-14-12-10-8-6-4-2/h36-37,40-44,47-49H,3-35H2,1-2H3/t36-,37-,40+,41+,42-,43-/m1/s1. The number of esters is 2. The van der Waals surface area contributed by atoms with Crippen molar-refractivity contribution in [2.75, 3.05) is 19.8 Å². The number of hydrogen-bond donors (Lipinski definition) is 4. The summed E-state index contributed by atoms with van der Waals surface area (Å²) in [7, 11) is 0. The molecule has 0 saturated carbocycles. The predicted octanol–water partition coefficient (Wildman–Crippen LogP) is 9.00. The van der Waals surface area contributed by atoms with E-state index in [0.717, 1.165) is 38.5 Å². The van der Waals surface area contributed by atoms with E-state index < -0.39 is 49.4 Å². The molecule has 1 saturated heterocycles. The fourth-order valence-corrected chi connectivity index (χ4v) is 6.95. The molecule has 0 radical (unpaired) electrons. The van der Waals surface area contributed by atoms with Gasteiger partial charge in [0.15, 0.2) is 12.4 Å². The summed E-state index contributed by atoms with van der Waals surface area (Å²) in [6.07, 6.45) is 26.8. The maximum atomic E-state index is 12.7. The highest BCUT2D eigenvalue weighted by Crippen LogP contribution is 2.23. The number of unbranched alkanes of at least 4 members (excludes halogenated alkanes) is 26. The molecule has 4 N–H and O–H groups in total. The molecule has 1 aliphatic rings. The molecule has 0 unspecified atom stereocenters. The first-order valence-electron chi connectivity index (χ1n) is 22.1. The molecule has 6 atom stereocenters. The topological polar surface area (TPSA) is 152 Å². The van der Waals surface area contributed by atoms with E-state index in [2.05, 4.69) is 13.8 Å². The lowest BCUT2D eigenvalue weighted by molar-refractivity contribution is -0.305. The SMILES string of the molecule is CCCCCCCCCCCCCCCCC(=O)OC[C@H](CO[C@@H]1O[C@H](CO)[C@H](O)[C@H](O)[C@H]1O)OC(=O)CCCCCCCCCCCCCCCC. The van der Waals surface area contributed by atoms with Crippen LogP contribution in [0.2, 0.25) is 0 Å². The molecule has 0 aromatic rings. The minimum Gasteiger partial charge on any atom is -0.462 e. The van der Waals surface area contributed by atoms with E-state index in [0.29, 0.717) is 6.42 Å². The zero-order chi connectivity index (χ0) is 38.8. The maximum absolute atomic E-state index is 12.7. The lowest BCUT2D eigenvalue weighted by Crippen LogP contribution is -2.59. The molecule has 0 aliphatic carbocycles. The minimum absolute atomic E-state index is 0.209. The van der Waals surface area contributed by atoms with Crippen LogP contribution >= 0.6 is 0 Å². The van der Waals surface area contributed by atoms with E-state index in [1.807, 2.05) is 0 Å². The first kappa shape index (κ1) is 49.7. The van der Waals surface area contributed by atoms with Crippen LogP contribution in [0.15, 0.2) is 0 Å². The van der Waals surface area contributed by atoms with Crippen molar-refractivity contribution in [3.05, 3.63) is 0 Å².